The third-order valence-corrected chi connectivity index (χ3v) is 65.4. The van der Waals surface area contributed by atoms with Gasteiger partial charge in [-0.05, 0) is 0 Å². The number of hydrogen-bond donors (Lipinski definition) is 1. The van der Waals surface area contributed by atoms with E-state index in [1.807, 2.05) is 0 Å². The maximum absolute atomic E-state index is 10.1. The van der Waals surface area contributed by atoms with Gasteiger partial charge in [0.1, 0.15) is 0 Å². The van der Waals surface area contributed by atoms with E-state index in [-0.39, 0.29) is 31.4 Å². The van der Waals surface area contributed by atoms with Gasteiger partial charge in [0.2, 0.25) is 0 Å². The number of benzene rings is 1. The van der Waals surface area contributed by atoms with Crippen molar-refractivity contribution in [3.8, 4) is 0 Å². The van der Waals surface area contributed by atoms with Gasteiger partial charge in [-0.3, -0.25) is 0 Å². The molecule has 0 heterocycles. The molecule has 0 bridgehead atoms. The summed E-state index contributed by atoms with van der Waals surface area (Å²) in [5.41, 5.74) is 2.80. The molecule has 0 aromatic heterocycles. The molecule has 1 aromatic carbocycles. The van der Waals surface area contributed by atoms with Gasteiger partial charge < -0.3 is 0 Å². The van der Waals surface area contributed by atoms with Crippen molar-refractivity contribution in [2.24, 2.45) is 0 Å². The summed E-state index contributed by atoms with van der Waals surface area (Å²) in [6.45, 7) is 5.22. The second-order valence-corrected chi connectivity index (χ2v) is 52.7. The molecule has 0 fully saturated rings. The summed E-state index contributed by atoms with van der Waals surface area (Å²) in [6, 6.07) is 8.79. The monoisotopic (exact) mass is 475 g/mol. The van der Waals surface area contributed by atoms with Crippen LogP contribution < -0.4 is 0 Å². The van der Waals surface area contributed by atoms with E-state index < -0.39 is 21.9 Å². The van der Waals surface area contributed by atoms with Crippen molar-refractivity contribution in [2.75, 3.05) is 6.61 Å². The fourth-order valence-electron chi connectivity index (χ4n) is 5.15. The van der Waals surface area contributed by atoms with E-state index in [1.165, 1.54) is 11.1 Å². The van der Waals surface area contributed by atoms with Gasteiger partial charge >= 0.3 is 139 Å². The van der Waals surface area contributed by atoms with Crippen LogP contribution in [0.5, 0.6) is 0 Å². The number of aliphatic hydroxyl groups is 1. The molecule has 5 heteroatoms. The standard InChI is InChI=1S/C9H7.C5H5.C2H5O.C2H7Si.CH3.CH2.2ClH.Zr/c1-2-5-9-7-3-6-8(9)4-1;1-2-4-5-3-1;1-2-3;1-3-2;;;;;/h1-7H;1-3H,4H2;3H,1-2H2;3H,1-2H3;1H3;1H2;2*1H;. The summed E-state index contributed by atoms with van der Waals surface area (Å²) in [5.74, 6) is -1.16. The first-order valence-corrected chi connectivity index (χ1v) is 24.5. The number of fused-ring (bicyclic) bond motifs is 1. The van der Waals surface area contributed by atoms with E-state index in [2.05, 4.69) is 72.4 Å². The molecule has 1 N–H and O–H groups in total. The molecule has 2 aliphatic rings. The van der Waals surface area contributed by atoms with Crippen molar-refractivity contribution >= 4 is 41.0 Å². The molecule has 0 saturated heterocycles. The van der Waals surface area contributed by atoms with Crippen molar-refractivity contribution in [3.05, 3.63) is 63.0 Å². The Morgan fingerprint density at radius 2 is 1.92 bits per heavy atom. The maximum atomic E-state index is 10.1. The molecule has 0 spiro atoms. The first kappa shape index (κ1) is 23.0. The molecule has 0 aliphatic heterocycles. The minimum atomic E-state index is -4.14. The summed E-state index contributed by atoms with van der Waals surface area (Å²) in [4.78, 5) is 0. The molecule has 1 unspecified atom stereocenters. The molecule has 139 valence electrons. The Labute approximate surface area is 162 Å². The van der Waals surface area contributed by atoms with E-state index in [1.54, 1.807) is 3.28 Å². The van der Waals surface area contributed by atoms with Crippen molar-refractivity contribution in [1.82, 2.24) is 0 Å². The number of aliphatic hydroxyl groups excluding tert-OH is 1. The normalized spacial score (nSPS) is 21.0. The Morgan fingerprint density at radius 3 is 2.48 bits per heavy atom. The van der Waals surface area contributed by atoms with Crippen LogP contribution >= 0.6 is 24.8 Å². The second kappa shape index (κ2) is 7.17. The fraction of sp³-hybridized carbons (Fsp3) is 0.350. The number of halogens is 2. The van der Waals surface area contributed by atoms with Gasteiger partial charge in [0.25, 0.3) is 0 Å². The third-order valence-electron chi connectivity index (χ3n) is 7.77. The van der Waals surface area contributed by atoms with Crippen molar-refractivity contribution in [2.45, 2.75) is 31.9 Å². The molecule has 0 saturated carbocycles. The summed E-state index contributed by atoms with van der Waals surface area (Å²) in [7, 11) is 0. The van der Waals surface area contributed by atoms with Gasteiger partial charge in [-0.1, -0.05) is 0 Å². The van der Waals surface area contributed by atoms with Crippen LogP contribution in [0.1, 0.15) is 21.2 Å². The number of hydrogen-bond acceptors (Lipinski definition) is 1. The fourth-order valence-corrected chi connectivity index (χ4v) is 39.3. The first-order chi connectivity index (χ1) is 10.8. The SMILES string of the molecule is Cl.Cl.[CH2]=[Zr]([CH3])([CH2]CO)([C]1=CC=CC1)([CH]1C=Cc2ccccc21)[SiH](C)C. The molecule has 1 atom stereocenters. The van der Waals surface area contributed by atoms with E-state index in [9.17, 15) is 5.11 Å². The van der Waals surface area contributed by atoms with Crippen LogP contribution in [0.2, 0.25) is 21.9 Å². The Kier molecular flexibility index (Phi) is 6.59. The van der Waals surface area contributed by atoms with Gasteiger partial charge in [0.15, 0.2) is 0 Å². The van der Waals surface area contributed by atoms with E-state index in [0.717, 1.165) is 10.5 Å². The van der Waals surface area contributed by atoms with Crippen LogP contribution in [-0.4, -0.2) is 21.8 Å². The first-order valence-electron chi connectivity index (χ1n) is 8.79. The molecule has 1 aromatic rings. The van der Waals surface area contributed by atoms with E-state index >= 15 is 0 Å². The van der Waals surface area contributed by atoms with Crippen LogP contribution in [0.25, 0.3) is 6.08 Å². The van der Waals surface area contributed by atoms with Crippen LogP contribution in [0, 0.1) is 0 Å². The van der Waals surface area contributed by atoms with Crippen molar-refractivity contribution < 1.29 is 21.1 Å². The molecule has 25 heavy (non-hydrogen) atoms. The van der Waals surface area contributed by atoms with Gasteiger partial charge in [-0.2, -0.15) is 0 Å². The summed E-state index contributed by atoms with van der Waals surface area (Å²) in [6.07, 6.45) is 12.6. The summed E-state index contributed by atoms with van der Waals surface area (Å²) >= 11 is -4.14. The Bertz CT molecular complexity index is 840. The second-order valence-electron chi connectivity index (χ2n) is 8.83. The Morgan fingerprint density at radius 1 is 1.24 bits per heavy atom. The molecule has 1 nitrogen and oxygen atoms in total. The predicted molar refractivity (Wildman–Crippen MR) is 118 cm³/mol. The molecular formula is C20H31Cl2OSiZr. The Balaban J connectivity index is 0.00000156. The molecular weight excluding hydrogens is 446 g/mol. The quantitative estimate of drug-likeness (QED) is 0.552. The van der Waals surface area contributed by atoms with Crippen LogP contribution in [0.15, 0.2) is 51.9 Å². The van der Waals surface area contributed by atoms with Gasteiger partial charge in [0.05, 0.1) is 0 Å². The van der Waals surface area contributed by atoms with E-state index in [0.29, 0.717) is 3.63 Å². The molecule has 0 radical (unpaired) electrons. The average molecular weight is 478 g/mol. The van der Waals surface area contributed by atoms with Crippen LogP contribution in [0.4, 0.5) is 0 Å². The van der Waals surface area contributed by atoms with Crippen LogP contribution in [0.3, 0.4) is 0 Å². The number of allylic oxidation sites excluding steroid dienone is 5. The predicted octanol–water partition coefficient (Wildman–Crippen LogP) is 5.54. The van der Waals surface area contributed by atoms with Crippen molar-refractivity contribution in [3.63, 3.8) is 0 Å². The Hall–Kier alpha value is -0.0500. The molecule has 3 rings (SSSR count). The zero-order chi connectivity index (χ0) is 16.8. The molecule has 0 amide bonds. The summed E-state index contributed by atoms with van der Waals surface area (Å²) < 4.78 is 10.7. The van der Waals surface area contributed by atoms with E-state index in [4.69, 9.17) is 4.21 Å². The minimum absolute atomic E-state index is 0. The number of rotatable bonds is 5. The van der Waals surface area contributed by atoms with Crippen molar-refractivity contribution in [1.29, 1.82) is 0 Å². The third kappa shape index (κ3) is 2.91. The molecule has 2 aliphatic carbocycles. The van der Waals surface area contributed by atoms with Gasteiger partial charge in [-0.25, -0.2) is 0 Å². The topological polar surface area (TPSA) is 20.2 Å². The van der Waals surface area contributed by atoms with Gasteiger partial charge in [0, 0.05) is 0 Å². The van der Waals surface area contributed by atoms with Crippen LogP contribution in [-0.2, 0) is 16.0 Å². The average Bonchev–Trinajstić information content (AvgIpc) is 3.18. The van der Waals surface area contributed by atoms with Gasteiger partial charge in [-0.15, -0.1) is 24.8 Å². The zero-order valence-corrected chi connectivity index (χ0v) is 20.7. The summed E-state index contributed by atoms with van der Waals surface area (Å²) in [5, 5.41) is 10.1. The zero-order valence-electron chi connectivity index (χ0n) is 15.4.